The van der Waals surface area contributed by atoms with Crippen molar-refractivity contribution in [3.05, 3.63) is 95.2 Å². The monoisotopic (exact) mass is 561 g/mol. The molecule has 2 N–H and O–H groups in total. The molecule has 0 fully saturated rings. The molecule has 40 heavy (non-hydrogen) atoms. The van der Waals surface area contributed by atoms with E-state index in [1.165, 1.54) is 19.2 Å². The largest absolute Gasteiger partial charge is 0.496 e. The average molecular weight is 562 g/mol. The molecule has 0 unspecified atom stereocenters. The topological polar surface area (TPSA) is 106 Å². The minimum atomic E-state index is -4.01. The SMILES string of the molecule is CCCn1cc(Cc2ccc(C(=O)NS(=O)(=O)c3ccccc3)cc2OC)c2cc(C(=O)NCC(C)C)ccc21. The quantitative estimate of drug-likeness (QED) is 0.263. The second-order valence-corrected chi connectivity index (χ2v) is 11.8. The van der Waals surface area contributed by atoms with E-state index in [0.717, 1.165) is 35.0 Å². The Balaban J connectivity index is 1.63. The van der Waals surface area contributed by atoms with E-state index in [9.17, 15) is 18.0 Å². The molecule has 4 aromatic rings. The first-order chi connectivity index (χ1) is 19.1. The van der Waals surface area contributed by atoms with Crippen LogP contribution in [0.5, 0.6) is 5.75 Å². The van der Waals surface area contributed by atoms with Gasteiger partial charge >= 0.3 is 0 Å². The molecular formula is C31H35N3O5S. The number of carbonyl (C=O) groups is 2. The summed E-state index contributed by atoms with van der Waals surface area (Å²) in [6, 6.07) is 18.4. The second kappa shape index (κ2) is 12.4. The number of carbonyl (C=O) groups excluding carboxylic acids is 2. The summed E-state index contributed by atoms with van der Waals surface area (Å²) in [5, 5.41) is 3.95. The first-order valence-corrected chi connectivity index (χ1v) is 14.8. The minimum Gasteiger partial charge on any atom is -0.496 e. The fourth-order valence-electron chi connectivity index (χ4n) is 4.55. The van der Waals surface area contributed by atoms with Crippen molar-refractivity contribution in [1.29, 1.82) is 0 Å². The van der Waals surface area contributed by atoms with Crippen molar-refractivity contribution in [3.8, 4) is 5.75 Å². The van der Waals surface area contributed by atoms with E-state index in [0.29, 0.717) is 30.2 Å². The molecule has 0 bridgehead atoms. The molecule has 210 valence electrons. The summed E-state index contributed by atoms with van der Waals surface area (Å²) in [4.78, 5) is 25.6. The third kappa shape index (κ3) is 6.54. The summed E-state index contributed by atoms with van der Waals surface area (Å²) in [6.07, 6.45) is 3.55. The Kier molecular flexibility index (Phi) is 8.94. The number of nitrogens with zero attached hydrogens (tertiary/aromatic N) is 1. The molecule has 0 spiro atoms. The Morgan fingerprint density at radius 3 is 2.30 bits per heavy atom. The molecular weight excluding hydrogens is 526 g/mol. The van der Waals surface area contributed by atoms with Crippen LogP contribution >= 0.6 is 0 Å². The van der Waals surface area contributed by atoms with E-state index >= 15 is 0 Å². The maximum absolute atomic E-state index is 12.8. The van der Waals surface area contributed by atoms with Gasteiger partial charge in [0.15, 0.2) is 0 Å². The van der Waals surface area contributed by atoms with Gasteiger partial charge in [-0.15, -0.1) is 0 Å². The van der Waals surface area contributed by atoms with E-state index in [1.54, 1.807) is 36.4 Å². The van der Waals surface area contributed by atoms with E-state index < -0.39 is 15.9 Å². The molecule has 0 aliphatic rings. The van der Waals surface area contributed by atoms with Crippen LogP contribution in [0.1, 0.15) is 59.0 Å². The van der Waals surface area contributed by atoms with Gasteiger partial charge in [-0.1, -0.05) is 45.0 Å². The van der Waals surface area contributed by atoms with Crippen molar-refractivity contribution in [2.75, 3.05) is 13.7 Å². The summed E-state index contributed by atoms with van der Waals surface area (Å²) in [7, 11) is -2.50. The van der Waals surface area contributed by atoms with Crippen LogP contribution in [0.3, 0.4) is 0 Å². The molecule has 4 rings (SSSR count). The van der Waals surface area contributed by atoms with Gasteiger partial charge in [0.1, 0.15) is 5.75 Å². The molecule has 8 nitrogen and oxygen atoms in total. The summed E-state index contributed by atoms with van der Waals surface area (Å²) in [5.41, 5.74) is 3.65. The Bertz CT molecular complexity index is 1630. The zero-order valence-corrected chi connectivity index (χ0v) is 24.0. The van der Waals surface area contributed by atoms with Crippen LogP contribution in [0.25, 0.3) is 10.9 Å². The van der Waals surface area contributed by atoms with E-state index in [4.69, 9.17) is 4.74 Å². The van der Waals surface area contributed by atoms with Crippen molar-refractivity contribution >= 4 is 32.7 Å². The van der Waals surface area contributed by atoms with Gasteiger partial charge in [-0.3, -0.25) is 9.59 Å². The summed E-state index contributed by atoms with van der Waals surface area (Å²) in [5.74, 6) is -0.0367. The van der Waals surface area contributed by atoms with E-state index in [-0.39, 0.29) is 16.4 Å². The zero-order chi connectivity index (χ0) is 28.9. The molecule has 0 saturated heterocycles. The predicted octanol–water partition coefficient (Wildman–Crippen LogP) is 5.16. The lowest BCUT2D eigenvalue weighted by atomic mass is 10.0. The Hall–Kier alpha value is -4.11. The second-order valence-electron chi connectivity index (χ2n) is 10.1. The number of hydrogen-bond acceptors (Lipinski definition) is 5. The first-order valence-electron chi connectivity index (χ1n) is 13.3. The Morgan fingerprint density at radius 2 is 1.62 bits per heavy atom. The predicted molar refractivity (Wildman–Crippen MR) is 156 cm³/mol. The summed E-state index contributed by atoms with van der Waals surface area (Å²) in [6.45, 7) is 7.66. The highest BCUT2D eigenvalue weighted by molar-refractivity contribution is 7.90. The van der Waals surface area contributed by atoms with Gasteiger partial charge < -0.3 is 14.6 Å². The van der Waals surface area contributed by atoms with Crippen LogP contribution in [-0.4, -0.2) is 38.5 Å². The van der Waals surface area contributed by atoms with Gasteiger partial charge in [-0.2, -0.15) is 0 Å². The molecule has 0 atom stereocenters. The number of rotatable bonds is 11. The maximum Gasteiger partial charge on any atom is 0.265 e. The Labute approximate surface area is 235 Å². The number of sulfonamides is 1. The van der Waals surface area contributed by atoms with Gasteiger partial charge in [0.05, 0.1) is 12.0 Å². The maximum atomic E-state index is 12.8. The van der Waals surface area contributed by atoms with Crippen molar-refractivity contribution in [1.82, 2.24) is 14.6 Å². The van der Waals surface area contributed by atoms with Crippen molar-refractivity contribution < 1.29 is 22.7 Å². The molecule has 0 radical (unpaired) electrons. The molecule has 0 aliphatic carbocycles. The molecule has 0 aliphatic heterocycles. The molecule has 9 heteroatoms. The van der Waals surface area contributed by atoms with E-state index in [1.807, 2.05) is 18.2 Å². The smallest absolute Gasteiger partial charge is 0.265 e. The van der Waals surface area contributed by atoms with Gasteiger partial charge in [0.25, 0.3) is 21.8 Å². The van der Waals surface area contributed by atoms with Gasteiger partial charge in [0, 0.05) is 47.7 Å². The van der Waals surface area contributed by atoms with Crippen LogP contribution in [0.2, 0.25) is 0 Å². The number of hydrogen-bond donors (Lipinski definition) is 2. The van der Waals surface area contributed by atoms with Gasteiger partial charge in [-0.05, 0) is 65.9 Å². The number of aryl methyl sites for hydroxylation is 1. The third-order valence-electron chi connectivity index (χ3n) is 6.57. The highest BCUT2D eigenvalue weighted by Crippen LogP contribution is 2.29. The van der Waals surface area contributed by atoms with Gasteiger partial charge in [0.2, 0.25) is 0 Å². The first kappa shape index (κ1) is 28.9. The van der Waals surface area contributed by atoms with Crippen molar-refractivity contribution in [3.63, 3.8) is 0 Å². The third-order valence-corrected chi connectivity index (χ3v) is 7.92. The standard InChI is InChI=1S/C31H35N3O5S/c1-5-15-34-20-25(27-17-23(13-14-28(27)34)30(35)32-19-21(2)3)16-22-11-12-24(18-29(22)39-4)31(36)33-40(37,38)26-9-7-6-8-10-26/h6-14,17-18,20-21H,5,15-16,19H2,1-4H3,(H,32,35)(H,33,36). The number of aromatic nitrogens is 1. The summed E-state index contributed by atoms with van der Waals surface area (Å²) < 4.78 is 35.1. The van der Waals surface area contributed by atoms with Crippen LogP contribution < -0.4 is 14.8 Å². The number of fused-ring (bicyclic) bond motifs is 1. The lowest BCUT2D eigenvalue weighted by molar-refractivity contribution is 0.0947. The average Bonchev–Trinajstić information content (AvgIpc) is 3.28. The molecule has 0 saturated carbocycles. The van der Waals surface area contributed by atoms with Crippen LogP contribution in [-0.2, 0) is 23.0 Å². The lowest BCUT2D eigenvalue weighted by Crippen LogP contribution is -2.30. The van der Waals surface area contributed by atoms with Crippen molar-refractivity contribution in [2.45, 2.75) is 45.1 Å². The molecule has 1 aromatic heterocycles. The minimum absolute atomic E-state index is 0.00709. The number of methoxy groups -OCH3 is 1. The number of benzene rings is 3. The number of amides is 2. The number of nitrogens with one attached hydrogen (secondary N) is 2. The zero-order valence-electron chi connectivity index (χ0n) is 23.2. The lowest BCUT2D eigenvalue weighted by Gasteiger charge is -2.12. The molecule has 2 amide bonds. The highest BCUT2D eigenvalue weighted by atomic mass is 32.2. The summed E-state index contributed by atoms with van der Waals surface area (Å²) >= 11 is 0. The fraction of sp³-hybridized carbons (Fsp3) is 0.290. The fourth-order valence-corrected chi connectivity index (χ4v) is 5.55. The van der Waals surface area contributed by atoms with Crippen LogP contribution in [0.15, 0.2) is 77.8 Å². The van der Waals surface area contributed by atoms with E-state index in [2.05, 4.69) is 41.6 Å². The van der Waals surface area contributed by atoms with Crippen molar-refractivity contribution in [2.24, 2.45) is 5.92 Å². The normalized spacial score (nSPS) is 11.5. The number of ether oxygens (including phenoxy) is 1. The Morgan fingerprint density at radius 1 is 0.925 bits per heavy atom. The highest BCUT2D eigenvalue weighted by Gasteiger charge is 2.20. The molecule has 1 heterocycles. The van der Waals surface area contributed by atoms with Crippen LogP contribution in [0, 0.1) is 5.92 Å². The van der Waals surface area contributed by atoms with Gasteiger partial charge in [-0.25, -0.2) is 13.1 Å². The molecule has 3 aromatic carbocycles. The van der Waals surface area contributed by atoms with Crippen LogP contribution in [0.4, 0.5) is 0 Å².